The number of aromatic hydroxyl groups is 1. The fourth-order valence-electron chi connectivity index (χ4n) is 7.98. The van der Waals surface area contributed by atoms with Crippen molar-refractivity contribution in [2.45, 2.75) is 70.6 Å². The molecule has 0 aliphatic carbocycles. The molecule has 4 amide bonds. The summed E-state index contributed by atoms with van der Waals surface area (Å²) in [6.07, 6.45) is 2.24. The number of hydrogen-bond donors (Lipinski definition) is 3. The Hall–Kier alpha value is -4.36. The van der Waals surface area contributed by atoms with E-state index >= 15 is 0 Å². The van der Waals surface area contributed by atoms with Crippen molar-refractivity contribution in [3.8, 4) is 5.75 Å². The van der Waals surface area contributed by atoms with Crippen LogP contribution in [0.4, 0.5) is 15.3 Å². The van der Waals surface area contributed by atoms with Crippen molar-refractivity contribution in [3.63, 3.8) is 0 Å². The number of amides is 4. The molecule has 4 aliphatic rings. The maximum Gasteiger partial charge on any atom is 0.410 e. The Morgan fingerprint density at radius 2 is 1.48 bits per heavy atom. The van der Waals surface area contributed by atoms with Crippen LogP contribution < -0.4 is 5.32 Å². The zero-order valence-electron chi connectivity index (χ0n) is 29.2. The number of phenolic OH excluding ortho intramolecular Hbond substituents is 1. The van der Waals surface area contributed by atoms with Gasteiger partial charge in [0.2, 0.25) is 0 Å². The van der Waals surface area contributed by atoms with Crippen LogP contribution in [0, 0.1) is 13.8 Å². The number of fused-ring (bicyclic) bond motifs is 1. The minimum absolute atomic E-state index is 0.00446. The number of carbonyl (C=O) groups excluding carboxylic acids is 3. The van der Waals surface area contributed by atoms with Crippen LogP contribution in [0.25, 0.3) is 0 Å². The number of aryl methyl sites for hydroxylation is 2. The quantitative estimate of drug-likeness (QED) is 0.380. The van der Waals surface area contributed by atoms with E-state index in [1.807, 2.05) is 60.0 Å². The molecule has 1 atom stereocenters. The highest BCUT2D eigenvalue weighted by molar-refractivity contribution is 5.91. The van der Waals surface area contributed by atoms with E-state index in [1.54, 1.807) is 9.80 Å². The van der Waals surface area contributed by atoms with Crippen LogP contribution in [-0.2, 0) is 27.2 Å². The average molecular weight is 691 g/mol. The Bertz CT molecular complexity index is 1540. The molecule has 4 heterocycles. The average Bonchev–Trinajstić information content (AvgIpc) is 3.28. The summed E-state index contributed by atoms with van der Waals surface area (Å²) in [5, 5.41) is 22.5. The van der Waals surface area contributed by atoms with E-state index in [0.29, 0.717) is 75.8 Å². The number of carbonyl (C=O) groups is 4. The maximum absolute atomic E-state index is 14.1. The number of hydrogen-bond acceptors (Lipinski definition) is 8. The predicted octanol–water partition coefficient (Wildman–Crippen LogP) is 3.30. The summed E-state index contributed by atoms with van der Waals surface area (Å²) in [6.45, 7) is 9.27. The van der Waals surface area contributed by atoms with Crippen molar-refractivity contribution in [2.24, 2.45) is 0 Å². The summed E-state index contributed by atoms with van der Waals surface area (Å²) in [5.74, 6) is -0.817. The number of nitrogens with one attached hydrogen (secondary N) is 1. The molecule has 50 heavy (non-hydrogen) atoms. The lowest BCUT2D eigenvalue weighted by atomic mass is 9.98. The van der Waals surface area contributed by atoms with Crippen molar-refractivity contribution < 1.29 is 34.1 Å². The van der Waals surface area contributed by atoms with Crippen LogP contribution in [0.15, 0.2) is 36.4 Å². The monoisotopic (exact) mass is 690 g/mol. The molecule has 0 saturated carbocycles. The van der Waals surface area contributed by atoms with Crippen LogP contribution in [0.1, 0.15) is 47.9 Å². The van der Waals surface area contributed by atoms with Gasteiger partial charge in [-0.1, -0.05) is 30.3 Å². The second kappa shape index (κ2) is 15.7. The predicted molar refractivity (Wildman–Crippen MR) is 187 cm³/mol. The largest absolute Gasteiger partial charge is 0.507 e. The van der Waals surface area contributed by atoms with E-state index in [0.717, 1.165) is 49.2 Å². The van der Waals surface area contributed by atoms with Gasteiger partial charge < -0.3 is 35.0 Å². The molecule has 6 rings (SSSR count). The molecular weight excluding hydrogens is 640 g/mol. The first-order valence-electron chi connectivity index (χ1n) is 17.9. The molecule has 0 radical (unpaired) electrons. The summed E-state index contributed by atoms with van der Waals surface area (Å²) >= 11 is 0. The summed E-state index contributed by atoms with van der Waals surface area (Å²) in [4.78, 5) is 61.6. The molecule has 13 heteroatoms. The number of likely N-dealkylation sites (tertiary alicyclic amines) is 2. The van der Waals surface area contributed by atoms with E-state index in [4.69, 9.17) is 9.84 Å². The molecule has 270 valence electrons. The Balaban J connectivity index is 1.06. The number of anilines is 1. The topological polar surface area (TPSA) is 146 Å². The highest BCUT2D eigenvalue weighted by Gasteiger charge is 2.36. The zero-order chi connectivity index (χ0) is 35.4. The second-order valence-electron chi connectivity index (χ2n) is 14.2. The molecule has 3 saturated heterocycles. The standard InChI is InChI=1S/C37H50N6O7/c1-25-21-27(22-26(2)34(25)46)23-32(35(47)41-12-8-29(9-13-41)40-19-17-39(18-20-40)24-33(44)45)50-37(49)42-14-10-30(11-15-42)43-16-7-28-5-3-4-6-31(28)38-36(43)48/h3-6,21-22,29-30,32,46H,7-20,23-24H2,1-2H3,(H,38,48)(H,44,45). The van der Waals surface area contributed by atoms with Gasteiger partial charge in [-0.15, -0.1) is 0 Å². The molecule has 3 N–H and O–H groups in total. The number of phenols is 1. The normalized spacial score (nSPS) is 20.5. The molecule has 2 aromatic rings. The van der Waals surface area contributed by atoms with Gasteiger partial charge in [0.15, 0.2) is 6.10 Å². The van der Waals surface area contributed by atoms with E-state index in [-0.39, 0.29) is 36.7 Å². The third kappa shape index (κ3) is 8.32. The Kier molecular flexibility index (Phi) is 11.1. The number of piperazine rings is 1. The number of nitrogens with zero attached hydrogens (tertiary/aromatic N) is 5. The smallest absolute Gasteiger partial charge is 0.410 e. The first kappa shape index (κ1) is 35.5. The number of piperidine rings is 2. The van der Waals surface area contributed by atoms with Crippen LogP contribution >= 0.6 is 0 Å². The van der Waals surface area contributed by atoms with Crippen molar-refractivity contribution in [1.29, 1.82) is 0 Å². The fraction of sp³-hybridized carbons (Fsp3) is 0.568. The lowest BCUT2D eigenvalue weighted by Gasteiger charge is -2.43. The van der Waals surface area contributed by atoms with Crippen LogP contribution in [0.3, 0.4) is 0 Å². The van der Waals surface area contributed by atoms with E-state index in [9.17, 15) is 24.3 Å². The lowest BCUT2D eigenvalue weighted by Crippen LogP contribution is -2.55. The summed E-state index contributed by atoms with van der Waals surface area (Å²) in [5.41, 5.74) is 4.16. The third-order valence-electron chi connectivity index (χ3n) is 10.9. The Labute approximate surface area is 293 Å². The van der Waals surface area contributed by atoms with Gasteiger partial charge in [-0.25, -0.2) is 9.59 Å². The van der Waals surface area contributed by atoms with Gasteiger partial charge in [-0.05, 0) is 74.3 Å². The molecule has 0 bridgehead atoms. The van der Waals surface area contributed by atoms with Gasteiger partial charge in [0.05, 0.1) is 6.54 Å². The van der Waals surface area contributed by atoms with Crippen LogP contribution in [-0.4, -0.2) is 142 Å². The van der Waals surface area contributed by atoms with E-state index in [2.05, 4.69) is 10.2 Å². The van der Waals surface area contributed by atoms with Crippen LogP contribution in [0.2, 0.25) is 0 Å². The molecule has 4 aliphatic heterocycles. The van der Waals surface area contributed by atoms with Gasteiger partial charge in [0.1, 0.15) is 5.75 Å². The molecular formula is C37H50N6O7. The molecule has 13 nitrogen and oxygen atoms in total. The van der Waals surface area contributed by atoms with Crippen molar-refractivity contribution in [3.05, 3.63) is 58.7 Å². The second-order valence-corrected chi connectivity index (χ2v) is 14.2. The molecule has 2 aromatic carbocycles. The van der Waals surface area contributed by atoms with E-state index < -0.39 is 18.2 Å². The van der Waals surface area contributed by atoms with E-state index in [1.165, 1.54) is 0 Å². The SMILES string of the molecule is Cc1cc(CC(OC(=O)N2CCC(N3CCc4ccccc4NC3=O)CC2)C(=O)N2CCC(N3CCN(CC(=O)O)CC3)CC2)cc(C)c1O. The number of carboxylic acid groups (broad SMARTS) is 1. The van der Waals surface area contributed by atoms with Gasteiger partial charge in [-0.2, -0.15) is 0 Å². The van der Waals surface area contributed by atoms with Gasteiger partial charge in [-0.3, -0.25) is 19.4 Å². The lowest BCUT2D eigenvalue weighted by molar-refractivity contribution is -0.142. The number of ether oxygens (including phenoxy) is 1. The Morgan fingerprint density at radius 3 is 2.14 bits per heavy atom. The summed E-state index contributed by atoms with van der Waals surface area (Å²) in [7, 11) is 0. The molecule has 3 fully saturated rings. The number of benzene rings is 2. The Morgan fingerprint density at radius 1 is 0.860 bits per heavy atom. The number of carboxylic acids is 1. The van der Waals surface area contributed by atoms with Crippen LogP contribution in [0.5, 0.6) is 5.75 Å². The van der Waals surface area contributed by atoms with Crippen molar-refractivity contribution in [2.75, 3.05) is 70.8 Å². The van der Waals surface area contributed by atoms with Gasteiger partial charge in [0, 0.05) is 83.1 Å². The molecule has 0 spiro atoms. The number of rotatable bonds is 8. The number of aliphatic carboxylic acids is 1. The minimum atomic E-state index is -1.02. The summed E-state index contributed by atoms with van der Waals surface area (Å²) < 4.78 is 6.05. The van der Waals surface area contributed by atoms with Gasteiger partial charge in [0.25, 0.3) is 5.91 Å². The highest BCUT2D eigenvalue weighted by atomic mass is 16.6. The van der Waals surface area contributed by atoms with Crippen molar-refractivity contribution in [1.82, 2.24) is 24.5 Å². The van der Waals surface area contributed by atoms with Gasteiger partial charge >= 0.3 is 18.1 Å². The number of urea groups is 1. The zero-order valence-corrected chi connectivity index (χ0v) is 29.2. The molecule has 0 aromatic heterocycles. The number of para-hydroxylation sites is 1. The minimum Gasteiger partial charge on any atom is -0.507 e. The molecule has 1 unspecified atom stereocenters. The first-order valence-corrected chi connectivity index (χ1v) is 17.9. The first-order chi connectivity index (χ1) is 24.0. The highest BCUT2D eigenvalue weighted by Crippen LogP contribution is 2.27. The fourth-order valence-corrected chi connectivity index (χ4v) is 7.98. The third-order valence-corrected chi connectivity index (χ3v) is 10.9. The maximum atomic E-state index is 14.1. The van der Waals surface area contributed by atoms with Crippen molar-refractivity contribution >= 4 is 29.7 Å². The summed E-state index contributed by atoms with van der Waals surface area (Å²) in [6, 6.07) is 11.7.